The number of azo groups is 1. The van der Waals surface area contributed by atoms with Gasteiger partial charge in [-0.1, -0.05) is 54.6 Å². The van der Waals surface area contributed by atoms with E-state index >= 15 is 0 Å². The van der Waals surface area contributed by atoms with Crippen molar-refractivity contribution in [3.8, 4) is 5.75 Å². The first-order valence-corrected chi connectivity index (χ1v) is 9.51. The van der Waals surface area contributed by atoms with Gasteiger partial charge in [-0.05, 0) is 23.6 Å². The summed E-state index contributed by atoms with van der Waals surface area (Å²) < 4.78 is 32.6. The van der Waals surface area contributed by atoms with Crippen LogP contribution in [0, 0.1) is 0 Å². The van der Waals surface area contributed by atoms with E-state index in [1.807, 2.05) is 24.3 Å². The molecule has 0 aromatic heterocycles. The van der Waals surface area contributed by atoms with Gasteiger partial charge >= 0.3 is 29.6 Å². The van der Waals surface area contributed by atoms with E-state index in [2.05, 4.69) is 10.2 Å². The molecule has 4 aromatic rings. The molecule has 4 aromatic carbocycles. The van der Waals surface area contributed by atoms with Gasteiger partial charge < -0.3 is 5.11 Å². The molecule has 0 spiro atoms. The normalized spacial score (nSPS) is 11.8. The summed E-state index contributed by atoms with van der Waals surface area (Å²) in [5.41, 5.74) is 0.751. The van der Waals surface area contributed by atoms with Crippen molar-refractivity contribution in [3.63, 3.8) is 0 Å². The molecule has 0 atom stereocenters. The van der Waals surface area contributed by atoms with Crippen LogP contribution in [0.2, 0.25) is 0 Å². The first-order valence-electron chi connectivity index (χ1n) is 8.07. The summed E-state index contributed by atoms with van der Waals surface area (Å²) in [6.07, 6.45) is 0. The minimum absolute atomic E-state index is 0. The third kappa shape index (κ3) is 3.80. The fourth-order valence-corrected chi connectivity index (χ4v) is 3.74. The molecule has 4 rings (SSSR count). The summed E-state index contributed by atoms with van der Waals surface area (Å²) >= 11 is 0. The van der Waals surface area contributed by atoms with E-state index in [1.165, 1.54) is 12.1 Å². The van der Waals surface area contributed by atoms with Crippen LogP contribution < -0.4 is 0 Å². The Morgan fingerprint density at radius 2 is 1.39 bits per heavy atom. The molecule has 0 aliphatic heterocycles. The predicted octanol–water partition coefficient (Wildman–Crippen LogP) is 4.71. The van der Waals surface area contributed by atoms with Gasteiger partial charge in [-0.15, -0.1) is 10.2 Å². The zero-order chi connectivity index (χ0) is 19.0. The number of phenolic OH excluding ortho intramolecular Hbond substituents is 1. The Morgan fingerprint density at radius 1 is 0.714 bits per heavy atom. The number of rotatable bonds is 3. The van der Waals surface area contributed by atoms with Crippen LogP contribution in [0.3, 0.4) is 0 Å². The quantitative estimate of drug-likeness (QED) is 0.294. The van der Waals surface area contributed by atoms with Crippen molar-refractivity contribution in [2.75, 3.05) is 0 Å². The van der Waals surface area contributed by atoms with Crippen molar-refractivity contribution in [2.45, 2.75) is 4.90 Å². The van der Waals surface area contributed by atoms with Gasteiger partial charge in [0.1, 0.15) is 16.3 Å². The molecule has 0 fully saturated rings. The molecule has 0 radical (unpaired) electrons. The summed E-state index contributed by atoms with van der Waals surface area (Å²) in [6, 6.07) is 20.3. The molecule has 0 aliphatic carbocycles. The van der Waals surface area contributed by atoms with Gasteiger partial charge in [-0.3, -0.25) is 4.55 Å². The fourth-order valence-electron chi connectivity index (χ4n) is 3.03. The van der Waals surface area contributed by atoms with E-state index in [9.17, 15) is 18.1 Å². The van der Waals surface area contributed by atoms with Gasteiger partial charge in [-0.2, -0.15) is 8.42 Å². The van der Waals surface area contributed by atoms with E-state index < -0.39 is 10.1 Å². The maximum absolute atomic E-state index is 11.6. The first kappa shape index (κ1) is 20.4. The molecule has 0 amide bonds. The molecule has 0 saturated carbocycles. The summed E-state index contributed by atoms with van der Waals surface area (Å²) in [5.74, 6) is -0.00342. The molecule has 0 heterocycles. The molecule has 2 N–H and O–H groups in total. The van der Waals surface area contributed by atoms with Crippen molar-refractivity contribution >= 4 is 72.6 Å². The molecule has 0 saturated heterocycles. The third-order valence-corrected chi connectivity index (χ3v) is 5.19. The number of nitrogens with zero attached hydrogens (tertiary/aromatic N) is 2. The van der Waals surface area contributed by atoms with Crippen LogP contribution in [0.25, 0.3) is 21.5 Å². The van der Waals surface area contributed by atoms with Crippen molar-refractivity contribution in [1.82, 2.24) is 0 Å². The Kier molecular flexibility index (Phi) is 5.83. The van der Waals surface area contributed by atoms with Crippen LogP contribution in [0.15, 0.2) is 87.9 Å². The summed E-state index contributed by atoms with van der Waals surface area (Å²) in [7, 11) is -4.36. The first-order chi connectivity index (χ1) is 12.9. The van der Waals surface area contributed by atoms with Crippen LogP contribution >= 0.6 is 0 Å². The van der Waals surface area contributed by atoms with Gasteiger partial charge in [0, 0.05) is 16.2 Å². The monoisotopic (exact) mass is 402 g/mol. The van der Waals surface area contributed by atoms with Crippen LogP contribution in [0.1, 0.15) is 0 Å². The molecule has 136 valence electrons. The van der Waals surface area contributed by atoms with Gasteiger partial charge in [0.15, 0.2) is 0 Å². The molecule has 0 bridgehead atoms. The van der Waals surface area contributed by atoms with Crippen LogP contribution in [0.5, 0.6) is 5.75 Å². The SMILES string of the molecule is O=S(=O)(O)c1cccc2c(/N=N/c3c(O)ccc4ccccc34)cccc12.[NaH]. The molecule has 8 heteroatoms. The summed E-state index contributed by atoms with van der Waals surface area (Å²) in [4.78, 5) is -0.190. The predicted molar refractivity (Wildman–Crippen MR) is 111 cm³/mol. The molecule has 28 heavy (non-hydrogen) atoms. The molecule has 0 unspecified atom stereocenters. The number of fused-ring (bicyclic) bond motifs is 2. The van der Waals surface area contributed by atoms with E-state index in [4.69, 9.17) is 0 Å². The number of benzene rings is 4. The second-order valence-corrected chi connectivity index (χ2v) is 7.35. The number of hydrogen-bond acceptors (Lipinski definition) is 5. The van der Waals surface area contributed by atoms with Crippen LogP contribution in [0.4, 0.5) is 11.4 Å². The van der Waals surface area contributed by atoms with Crippen molar-refractivity contribution in [3.05, 3.63) is 72.8 Å². The molecule has 6 nitrogen and oxygen atoms in total. The average Bonchev–Trinajstić information content (AvgIpc) is 2.66. The van der Waals surface area contributed by atoms with E-state index in [0.717, 1.165) is 10.8 Å². The fraction of sp³-hybridized carbons (Fsp3) is 0. The Balaban J connectivity index is 0.00000225. The Labute approximate surface area is 183 Å². The summed E-state index contributed by atoms with van der Waals surface area (Å²) in [6.45, 7) is 0. The van der Waals surface area contributed by atoms with Gasteiger partial charge in [0.05, 0.1) is 5.69 Å². The van der Waals surface area contributed by atoms with Gasteiger partial charge in [0.25, 0.3) is 10.1 Å². The van der Waals surface area contributed by atoms with E-state index in [1.54, 1.807) is 36.4 Å². The maximum atomic E-state index is 11.6. The minimum atomic E-state index is -4.36. The summed E-state index contributed by atoms with van der Waals surface area (Å²) in [5, 5.41) is 21.2. The van der Waals surface area contributed by atoms with E-state index in [0.29, 0.717) is 22.1 Å². The molecular weight excluding hydrogens is 387 g/mol. The van der Waals surface area contributed by atoms with Crippen LogP contribution in [-0.4, -0.2) is 47.6 Å². The van der Waals surface area contributed by atoms with Crippen LogP contribution in [-0.2, 0) is 10.1 Å². The topological polar surface area (TPSA) is 99.3 Å². The molecule has 0 aliphatic rings. The number of phenols is 1. The zero-order valence-corrected chi connectivity index (χ0v) is 14.8. The van der Waals surface area contributed by atoms with E-state index in [-0.39, 0.29) is 40.2 Å². The van der Waals surface area contributed by atoms with Gasteiger partial charge in [-0.25, -0.2) is 0 Å². The average molecular weight is 402 g/mol. The Morgan fingerprint density at radius 3 is 2.18 bits per heavy atom. The van der Waals surface area contributed by atoms with Crippen molar-refractivity contribution in [1.29, 1.82) is 0 Å². The Hall–Kier alpha value is -2.29. The Bertz CT molecular complexity index is 1320. The third-order valence-electron chi connectivity index (χ3n) is 4.27. The number of hydrogen-bond donors (Lipinski definition) is 2. The zero-order valence-electron chi connectivity index (χ0n) is 13.9. The number of aromatic hydroxyl groups is 1. The van der Waals surface area contributed by atoms with Gasteiger partial charge in [0.2, 0.25) is 0 Å². The van der Waals surface area contributed by atoms with Crippen molar-refractivity contribution in [2.24, 2.45) is 10.2 Å². The second kappa shape index (κ2) is 7.98. The molecular formula is C20H15N2NaO4S. The second-order valence-electron chi connectivity index (χ2n) is 5.96. The van der Waals surface area contributed by atoms with Crippen molar-refractivity contribution < 1.29 is 18.1 Å². The standard InChI is InChI=1S/C20H14N2O4S.Na.H/c23-18-12-11-13-5-1-2-6-14(13)20(18)22-21-17-9-3-8-16-15(17)7-4-10-19(16)27(24,25)26;;/h1-12,23H,(H,24,25,26);;/b22-21+;;.